The fourth-order valence-corrected chi connectivity index (χ4v) is 1.03. The quantitative estimate of drug-likeness (QED) is 0.526. The van der Waals surface area contributed by atoms with Gasteiger partial charge in [-0.1, -0.05) is 12.1 Å². The van der Waals surface area contributed by atoms with Crippen LogP contribution in [0.5, 0.6) is 11.5 Å². The van der Waals surface area contributed by atoms with Crippen molar-refractivity contribution in [1.29, 1.82) is 0 Å². The molecule has 0 spiro atoms. The molecule has 0 bridgehead atoms. The summed E-state index contributed by atoms with van der Waals surface area (Å²) in [7, 11) is 0. The summed E-state index contributed by atoms with van der Waals surface area (Å²) < 4.78 is 0. The molecular weight excluding hydrogens is 188 g/mol. The molecule has 5 heteroatoms. The molecule has 0 heterocycles. The van der Waals surface area contributed by atoms with E-state index in [0.29, 0.717) is 0 Å². The first kappa shape index (κ1) is 10.3. The Hall–Kier alpha value is -1.75. The Labute approximate surface area is 79.9 Å². The molecule has 0 saturated carbocycles. The van der Waals surface area contributed by atoms with Gasteiger partial charge in [0.1, 0.15) is 0 Å². The van der Waals surface area contributed by atoms with Gasteiger partial charge < -0.3 is 25.2 Å². The van der Waals surface area contributed by atoms with Gasteiger partial charge in [0.2, 0.25) is 0 Å². The molecule has 1 aromatic carbocycles. The number of hydrogen-bond acceptors (Lipinski definition) is 5. The number of aliphatic carboxylic acids is 1. The van der Waals surface area contributed by atoms with Crippen molar-refractivity contribution in [2.75, 3.05) is 0 Å². The molecule has 0 fully saturated rings. The van der Waals surface area contributed by atoms with E-state index in [2.05, 4.69) is 0 Å². The van der Waals surface area contributed by atoms with Gasteiger partial charge in [-0.2, -0.15) is 0 Å². The standard InChI is InChI=1S/C9H10O5/c10-6-3-1-2-5(8(6)12)4-7(11)9(13)14/h1-3,7,10-12H,4H2,(H,13,14)/p-1. The van der Waals surface area contributed by atoms with Crippen LogP contribution in [0.25, 0.3) is 0 Å². The second-order valence-corrected chi connectivity index (χ2v) is 2.82. The van der Waals surface area contributed by atoms with Crippen molar-refractivity contribution in [3.05, 3.63) is 23.8 Å². The van der Waals surface area contributed by atoms with Crippen molar-refractivity contribution >= 4 is 5.97 Å². The van der Waals surface area contributed by atoms with Crippen molar-refractivity contribution < 1.29 is 25.2 Å². The Morgan fingerprint density at radius 2 is 2.07 bits per heavy atom. The molecule has 1 unspecified atom stereocenters. The minimum Gasteiger partial charge on any atom is -0.547 e. The third kappa shape index (κ3) is 2.14. The van der Waals surface area contributed by atoms with Gasteiger partial charge in [0, 0.05) is 12.0 Å². The molecular formula is C9H9O5-. The number of aliphatic hydroxyl groups excluding tert-OH is 1. The second kappa shape index (κ2) is 3.97. The number of carbonyl (C=O) groups excluding carboxylic acids is 1. The van der Waals surface area contributed by atoms with E-state index >= 15 is 0 Å². The molecule has 3 N–H and O–H groups in total. The van der Waals surface area contributed by atoms with Gasteiger partial charge in [0.15, 0.2) is 11.5 Å². The molecule has 14 heavy (non-hydrogen) atoms. The lowest BCUT2D eigenvalue weighted by Crippen LogP contribution is -2.36. The topological polar surface area (TPSA) is 101 Å². The van der Waals surface area contributed by atoms with E-state index in [1.54, 1.807) is 0 Å². The van der Waals surface area contributed by atoms with Gasteiger partial charge in [-0.15, -0.1) is 0 Å². The van der Waals surface area contributed by atoms with E-state index in [-0.39, 0.29) is 17.7 Å². The number of benzene rings is 1. The van der Waals surface area contributed by atoms with Crippen LogP contribution < -0.4 is 5.11 Å². The van der Waals surface area contributed by atoms with E-state index in [0.717, 1.165) is 0 Å². The van der Waals surface area contributed by atoms with Crippen LogP contribution >= 0.6 is 0 Å². The number of phenols is 2. The monoisotopic (exact) mass is 197 g/mol. The lowest BCUT2D eigenvalue weighted by molar-refractivity contribution is -0.314. The Kier molecular flexibility index (Phi) is 2.93. The van der Waals surface area contributed by atoms with Crippen LogP contribution in [0.4, 0.5) is 0 Å². The maximum atomic E-state index is 10.2. The van der Waals surface area contributed by atoms with Gasteiger partial charge in [0.05, 0.1) is 12.1 Å². The third-order valence-corrected chi connectivity index (χ3v) is 1.78. The summed E-state index contributed by atoms with van der Waals surface area (Å²) >= 11 is 0. The summed E-state index contributed by atoms with van der Waals surface area (Å²) in [5, 5.41) is 37.4. The molecule has 1 aromatic rings. The number of carboxylic acid groups (broad SMARTS) is 1. The second-order valence-electron chi connectivity index (χ2n) is 2.82. The van der Waals surface area contributed by atoms with E-state index in [4.69, 9.17) is 10.2 Å². The van der Waals surface area contributed by atoms with E-state index in [9.17, 15) is 15.0 Å². The van der Waals surface area contributed by atoms with Gasteiger partial charge in [-0.25, -0.2) is 0 Å². The van der Waals surface area contributed by atoms with E-state index in [1.807, 2.05) is 0 Å². The molecule has 76 valence electrons. The number of carboxylic acids is 1. The molecule has 0 radical (unpaired) electrons. The molecule has 1 atom stereocenters. The van der Waals surface area contributed by atoms with E-state index < -0.39 is 17.8 Å². The Morgan fingerprint density at radius 1 is 1.43 bits per heavy atom. The first-order valence-corrected chi connectivity index (χ1v) is 3.91. The lowest BCUT2D eigenvalue weighted by atomic mass is 10.1. The highest BCUT2D eigenvalue weighted by atomic mass is 16.4. The minimum atomic E-state index is -1.69. The molecule has 1 rings (SSSR count). The van der Waals surface area contributed by atoms with Crippen molar-refractivity contribution in [1.82, 2.24) is 0 Å². The van der Waals surface area contributed by atoms with Crippen LogP contribution in [0, 0.1) is 0 Å². The predicted octanol–water partition coefficient (Wildman–Crippen LogP) is -1.25. The Morgan fingerprint density at radius 3 is 2.64 bits per heavy atom. The highest BCUT2D eigenvalue weighted by Crippen LogP contribution is 2.28. The van der Waals surface area contributed by atoms with Crippen LogP contribution in [0.15, 0.2) is 18.2 Å². The maximum absolute atomic E-state index is 10.2. The van der Waals surface area contributed by atoms with Crippen LogP contribution in [0.2, 0.25) is 0 Å². The number of carbonyl (C=O) groups is 1. The zero-order chi connectivity index (χ0) is 10.7. The predicted molar refractivity (Wildman–Crippen MR) is 44.5 cm³/mol. The van der Waals surface area contributed by atoms with Crippen molar-refractivity contribution in [2.24, 2.45) is 0 Å². The molecule has 0 aromatic heterocycles. The van der Waals surface area contributed by atoms with Gasteiger partial charge in [-0.05, 0) is 6.07 Å². The van der Waals surface area contributed by atoms with Crippen LogP contribution in [-0.4, -0.2) is 27.4 Å². The smallest absolute Gasteiger partial charge is 0.160 e. The molecule has 0 aliphatic rings. The summed E-state index contributed by atoms with van der Waals surface area (Å²) in [4.78, 5) is 10.2. The molecule has 0 aliphatic heterocycles. The maximum Gasteiger partial charge on any atom is 0.160 e. The summed E-state index contributed by atoms with van der Waals surface area (Å²) in [6, 6.07) is 4.10. The van der Waals surface area contributed by atoms with E-state index in [1.165, 1.54) is 18.2 Å². The number of aliphatic hydroxyl groups is 1. The lowest BCUT2D eigenvalue weighted by Gasteiger charge is -2.12. The zero-order valence-corrected chi connectivity index (χ0v) is 7.17. The van der Waals surface area contributed by atoms with Crippen LogP contribution in [0.1, 0.15) is 5.56 Å². The molecule has 0 amide bonds. The number of phenolic OH excluding ortho intramolecular Hbond substituents is 2. The number of hydrogen-bond donors (Lipinski definition) is 3. The van der Waals surface area contributed by atoms with Crippen molar-refractivity contribution in [3.63, 3.8) is 0 Å². The van der Waals surface area contributed by atoms with Crippen LogP contribution in [0.3, 0.4) is 0 Å². The summed E-state index contributed by atoms with van der Waals surface area (Å²) in [6.07, 6.45) is -1.99. The molecule has 5 nitrogen and oxygen atoms in total. The largest absolute Gasteiger partial charge is 0.547 e. The Balaban J connectivity index is 2.87. The fourth-order valence-electron chi connectivity index (χ4n) is 1.03. The number of para-hydroxylation sites is 1. The van der Waals surface area contributed by atoms with Gasteiger partial charge in [-0.3, -0.25) is 0 Å². The normalized spacial score (nSPS) is 12.4. The van der Waals surface area contributed by atoms with Crippen molar-refractivity contribution in [2.45, 2.75) is 12.5 Å². The average Bonchev–Trinajstić information content (AvgIpc) is 2.12. The summed E-state index contributed by atoms with van der Waals surface area (Å²) in [5.74, 6) is -2.39. The van der Waals surface area contributed by atoms with Crippen LogP contribution in [-0.2, 0) is 11.2 Å². The zero-order valence-electron chi connectivity index (χ0n) is 7.17. The summed E-state index contributed by atoms with van der Waals surface area (Å²) in [6.45, 7) is 0. The number of aromatic hydroxyl groups is 2. The first-order chi connectivity index (χ1) is 6.52. The average molecular weight is 197 g/mol. The first-order valence-electron chi connectivity index (χ1n) is 3.91. The SMILES string of the molecule is O=C([O-])C(O)Cc1cccc(O)c1O. The third-order valence-electron chi connectivity index (χ3n) is 1.78. The summed E-state index contributed by atoms with van der Waals surface area (Å²) in [5.41, 5.74) is 0.154. The Bertz CT molecular complexity index is 347. The fraction of sp³-hybridized carbons (Fsp3) is 0.222. The van der Waals surface area contributed by atoms with Gasteiger partial charge in [0.25, 0.3) is 0 Å². The molecule has 0 saturated heterocycles. The van der Waals surface area contributed by atoms with Crippen molar-refractivity contribution in [3.8, 4) is 11.5 Å². The minimum absolute atomic E-state index is 0.154. The highest BCUT2D eigenvalue weighted by Gasteiger charge is 2.11. The van der Waals surface area contributed by atoms with Gasteiger partial charge >= 0.3 is 0 Å². The molecule has 0 aliphatic carbocycles. The highest BCUT2D eigenvalue weighted by molar-refractivity contribution is 5.70. The number of rotatable bonds is 3.